The number of amides is 1. The van der Waals surface area contributed by atoms with Gasteiger partial charge in [0.25, 0.3) is 0 Å². The van der Waals surface area contributed by atoms with Gasteiger partial charge in [0.2, 0.25) is 5.91 Å². The van der Waals surface area contributed by atoms with Gasteiger partial charge in [-0.05, 0) is 25.7 Å². The maximum absolute atomic E-state index is 12.1. The van der Waals surface area contributed by atoms with Crippen LogP contribution in [0.3, 0.4) is 0 Å². The monoisotopic (exact) mass is 193 g/mol. The van der Waals surface area contributed by atoms with Crippen molar-refractivity contribution in [1.82, 2.24) is 4.90 Å². The second-order valence-electron chi connectivity index (χ2n) is 4.10. The van der Waals surface area contributed by atoms with E-state index in [2.05, 4.69) is 13.2 Å². The van der Waals surface area contributed by atoms with E-state index in [1.807, 2.05) is 24.1 Å². The summed E-state index contributed by atoms with van der Waals surface area (Å²) < 4.78 is 0. The molecule has 0 atom stereocenters. The molecule has 1 amide bonds. The molecule has 78 valence electrons. The lowest BCUT2D eigenvalue weighted by Gasteiger charge is -2.39. The molecule has 0 aromatic heterocycles. The van der Waals surface area contributed by atoms with Crippen LogP contribution >= 0.6 is 0 Å². The zero-order valence-corrected chi connectivity index (χ0v) is 8.96. The maximum atomic E-state index is 12.1. The molecule has 0 spiro atoms. The number of carbonyl (C=O) groups excluding carboxylic acids is 1. The van der Waals surface area contributed by atoms with Gasteiger partial charge >= 0.3 is 0 Å². The molecule has 0 saturated carbocycles. The minimum atomic E-state index is -0.240. The molecule has 0 aromatic carbocycles. The van der Waals surface area contributed by atoms with Gasteiger partial charge in [-0.3, -0.25) is 4.79 Å². The van der Waals surface area contributed by atoms with E-state index < -0.39 is 0 Å². The van der Waals surface area contributed by atoms with E-state index in [1.165, 1.54) is 0 Å². The molecule has 0 bridgehead atoms. The van der Waals surface area contributed by atoms with Gasteiger partial charge in [0, 0.05) is 13.6 Å². The van der Waals surface area contributed by atoms with Crippen LogP contribution in [0.5, 0.6) is 0 Å². The van der Waals surface area contributed by atoms with Gasteiger partial charge in [0.15, 0.2) is 0 Å². The van der Waals surface area contributed by atoms with Crippen LogP contribution in [0.15, 0.2) is 25.3 Å². The van der Waals surface area contributed by atoms with Gasteiger partial charge in [-0.15, -0.1) is 13.2 Å². The third-order valence-electron chi connectivity index (χ3n) is 3.02. The van der Waals surface area contributed by atoms with Crippen molar-refractivity contribution in [3.05, 3.63) is 25.3 Å². The average molecular weight is 193 g/mol. The molecule has 0 unspecified atom stereocenters. The van der Waals surface area contributed by atoms with Crippen LogP contribution in [0, 0.1) is 5.41 Å². The van der Waals surface area contributed by atoms with Crippen LogP contribution < -0.4 is 0 Å². The quantitative estimate of drug-likeness (QED) is 0.628. The van der Waals surface area contributed by atoms with Crippen molar-refractivity contribution in [3.8, 4) is 0 Å². The third-order valence-corrected chi connectivity index (χ3v) is 3.02. The van der Waals surface area contributed by atoms with Crippen molar-refractivity contribution in [2.45, 2.75) is 25.7 Å². The number of nitrogens with zero attached hydrogens (tertiary/aromatic N) is 1. The summed E-state index contributed by atoms with van der Waals surface area (Å²) >= 11 is 0. The van der Waals surface area contributed by atoms with Crippen molar-refractivity contribution < 1.29 is 4.79 Å². The van der Waals surface area contributed by atoms with E-state index in [0.717, 1.165) is 32.2 Å². The minimum absolute atomic E-state index is 0.240. The number of likely N-dealkylation sites (tertiary alicyclic amines) is 1. The molecular formula is C12H19NO. The van der Waals surface area contributed by atoms with Crippen molar-refractivity contribution >= 4 is 5.91 Å². The lowest BCUT2D eigenvalue weighted by atomic mass is 9.74. The van der Waals surface area contributed by atoms with Crippen LogP contribution in [-0.2, 0) is 4.79 Å². The standard InChI is InChI=1S/C12H19NO/c1-4-7-12(8-5-2)9-6-10-13(3)11(12)14/h4-5H,1-2,6-10H2,3H3. The molecule has 1 aliphatic heterocycles. The lowest BCUT2D eigenvalue weighted by molar-refractivity contribution is -0.144. The number of piperidine rings is 1. The van der Waals surface area contributed by atoms with E-state index in [0.29, 0.717) is 0 Å². The Labute approximate surface area is 86.3 Å². The number of carbonyl (C=O) groups is 1. The minimum Gasteiger partial charge on any atom is -0.345 e. The molecule has 1 aliphatic rings. The Balaban J connectivity index is 2.87. The highest BCUT2D eigenvalue weighted by Crippen LogP contribution is 2.38. The Hall–Kier alpha value is -1.05. The van der Waals surface area contributed by atoms with Crippen molar-refractivity contribution in [3.63, 3.8) is 0 Å². The maximum Gasteiger partial charge on any atom is 0.229 e. The molecule has 2 heteroatoms. The highest BCUT2D eigenvalue weighted by atomic mass is 16.2. The molecule has 1 heterocycles. The molecule has 1 saturated heterocycles. The molecule has 0 aromatic rings. The average Bonchev–Trinajstić information content (AvgIpc) is 2.15. The smallest absolute Gasteiger partial charge is 0.229 e. The Bertz CT molecular complexity index is 235. The lowest BCUT2D eigenvalue weighted by Crippen LogP contribution is -2.46. The highest BCUT2D eigenvalue weighted by molar-refractivity contribution is 5.83. The summed E-state index contributed by atoms with van der Waals surface area (Å²) in [6.07, 6.45) is 7.28. The zero-order valence-electron chi connectivity index (χ0n) is 8.96. The summed E-state index contributed by atoms with van der Waals surface area (Å²) in [5.41, 5.74) is -0.240. The van der Waals surface area contributed by atoms with Crippen LogP contribution in [-0.4, -0.2) is 24.4 Å². The molecular weight excluding hydrogens is 174 g/mol. The molecule has 0 radical (unpaired) electrons. The number of hydrogen-bond acceptors (Lipinski definition) is 1. The van der Waals surface area contributed by atoms with Crippen LogP contribution in [0.1, 0.15) is 25.7 Å². The number of rotatable bonds is 4. The van der Waals surface area contributed by atoms with Crippen LogP contribution in [0.25, 0.3) is 0 Å². The van der Waals surface area contributed by atoms with Crippen LogP contribution in [0.4, 0.5) is 0 Å². The summed E-state index contributed by atoms with van der Waals surface area (Å²) in [5, 5.41) is 0. The predicted octanol–water partition coefficient (Wildman–Crippen LogP) is 2.38. The summed E-state index contributed by atoms with van der Waals surface area (Å²) in [5.74, 6) is 0.253. The van der Waals surface area contributed by atoms with Gasteiger partial charge in [-0.1, -0.05) is 12.2 Å². The van der Waals surface area contributed by atoms with Crippen molar-refractivity contribution in [2.75, 3.05) is 13.6 Å². The Morgan fingerprint density at radius 2 is 2.00 bits per heavy atom. The van der Waals surface area contributed by atoms with E-state index in [1.54, 1.807) is 0 Å². The first-order chi connectivity index (χ1) is 6.66. The molecule has 14 heavy (non-hydrogen) atoms. The fraction of sp³-hybridized carbons (Fsp3) is 0.583. The summed E-state index contributed by atoms with van der Waals surface area (Å²) in [7, 11) is 1.88. The van der Waals surface area contributed by atoms with E-state index in [9.17, 15) is 4.79 Å². The second kappa shape index (κ2) is 4.45. The summed E-state index contributed by atoms with van der Waals surface area (Å²) in [6.45, 7) is 8.36. The Kier molecular flexibility index (Phi) is 3.50. The molecule has 2 nitrogen and oxygen atoms in total. The first kappa shape index (κ1) is 11.0. The largest absolute Gasteiger partial charge is 0.345 e. The first-order valence-corrected chi connectivity index (χ1v) is 5.13. The van der Waals surface area contributed by atoms with Crippen molar-refractivity contribution in [2.24, 2.45) is 5.41 Å². The van der Waals surface area contributed by atoms with Gasteiger partial charge in [-0.2, -0.15) is 0 Å². The van der Waals surface area contributed by atoms with E-state index in [4.69, 9.17) is 0 Å². The fourth-order valence-corrected chi connectivity index (χ4v) is 2.28. The normalized spacial score (nSPS) is 20.6. The molecule has 1 rings (SSSR count). The molecule has 0 aliphatic carbocycles. The SMILES string of the molecule is C=CCC1(CC=C)CCCN(C)C1=O. The Morgan fingerprint density at radius 3 is 2.50 bits per heavy atom. The number of allylic oxidation sites excluding steroid dienone is 2. The first-order valence-electron chi connectivity index (χ1n) is 5.13. The molecule has 0 N–H and O–H groups in total. The topological polar surface area (TPSA) is 20.3 Å². The zero-order chi connectivity index (χ0) is 10.6. The third kappa shape index (κ3) is 1.89. The van der Waals surface area contributed by atoms with Gasteiger partial charge in [0.1, 0.15) is 0 Å². The van der Waals surface area contributed by atoms with Crippen molar-refractivity contribution in [1.29, 1.82) is 0 Å². The van der Waals surface area contributed by atoms with Crippen LogP contribution in [0.2, 0.25) is 0 Å². The van der Waals surface area contributed by atoms with E-state index in [-0.39, 0.29) is 11.3 Å². The summed E-state index contributed by atoms with van der Waals surface area (Å²) in [6, 6.07) is 0. The second-order valence-corrected chi connectivity index (χ2v) is 4.10. The Morgan fingerprint density at radius 1 is 1.43 bits per heavy atom. The summed E-state index contributed by atoms with van der Waals surface area (Å²) in [4.78, 5) is 13.9. The predicted molar refractivity (Wildman–Crippen MR) is 58.9 cm³/mol. The van der Waals surface area contributed by atoms with E-state index >= 15 is 0 Å². The van der Waals surface area contributed by atoms with Gasteiger partial charge in [0.05, 0.1) is 5.41 Å². The molecule has 1 fully saturated rings. The number of hydrogen-bond donors (Lipinski definition) is 0. The van der Waals surface area contributed by atoms with Gasteiger partial charge < -0.3 is 4.90 Å². The van der Waals surface area contributed by atoms with Gasteiger partial charge in [-0.25, -0.2) is 0 Å². The fourth-order valence-electron chi connectivity index (χ4n) is 2.28. The highest BCUT2D eigenvalue weighted by Gasteiger charge is 2.40.